The molecule has 7 rings (SSSR count). The van der Waals surface area contributed by atoms with Gasteiger partial charge < -0.3 is 87.4 Å². The summed E-state index contributed by atoms with van der Waals surface area (Å²) in [6, 6.07) is 0. The molecule has 0 radical (unpaired) electrons. The van der Waals surface area contributed by atoms with Crippen LogP contribution in [-0.2, 0) is 33.2 Å². The number of carbonyl (C=O) groups excluding carboxylic acids is 1. The molecule has 4 saturated carbocycles. The van der Waals surface area contributed by atoms with Crippen LogP contribution in [0.5, 0.6) is 0 Å². The van der Waals surface area contributed by atoms with Gasteiger partial charge in [0.15, 0.2) is 12.6 Å². The summed E-state index contributed by atoms with van der Waals surface area (Å²) < 4.78 is 35.6. The fraction of sp³-hybridized carbons (Fsp3) is 0.921. The van der Waals surface area contributed by atoms with Crippen molar-refractivity contribution < 1.29 is 151 Å². The van der Waals surface area contributed by atoms with Gasteiger partial charge in [-0.3, -0.25) is 4.79 Å². The normalized spacial score (nSPS) is 52.7. The smallest absolute Gasteiger partial charge is 1.00 e. The third-order valence-corrected chi connectivity index (χ3v) is 15.0. The van der Waals surface area contributed by atoms with Crippen LogP contribution in [0.2, 0.25) is 0 Å². The summed E-state index contributed by atoms with van der Waals surface area (Å²) in [5, 5.41) is 114. The molecule has 0 aromatic carbocycles. The molecule has 21 atom stereocenters. The van der Waals surface area contributed by atoms with Crippen molar-refractivity contribution in [3.63, 3.8) is 0 Å². The fourth-order valence-corrected chi connectivity index (χ4v) is 12.0. The molecule has 1 spiro atoms. The summed E-state index contributed by atoms with van der Waals surface area (Å²) in [5.41, 5.74) is -1.80. The van der Waals surface area contributed by atoms with E-state index < -0.39 is 129 Å². The minimum absolute atomic E-state index is 0. The summed E-state index contributed by atoms with van der Waals surface area (Å²) in [6.45, 7) is 6.52. The van der Waals surface area contributed by atoms with Gasteiger partial charge in [0, 0.05) is 0 Å². The van der Waals surface area contributed by atoms with Gasteiger partial charge in [0.1, 0.15) is 73.2 Å². The van der Waals surface area contributed by atoms with Gasteiger partial charge in [0.05, 0.1) is 30.8 Å². The van der Waals surface area contributed by atoms with Crippen LogP contribution in [0.25, 0.3) is 0 Å². The molecule has 0 amide bonds. The topological polar surface area (TPSA) is 295 Å². The molecule has 3 aliphatic heterocycles. The second kappa shape index (κ2) is 18.6. The Morgan fingerprint density at radius 1 is 0.690 bits per heavy atom. The van der Waals surface area contributed by atoms with Gasteiger partial charge in [0.2, 0.25) is 6.29 Å². The maximum atomic E-state index is 14.1. The van der Waals surface area contributed by atoms with Crippen LogP contribution >= 0.6 is 0 Å². The SMILES string of the molecule is C=C1C[C@@]23CC[C@H]4[C@@](C)(CCC[C@@]4(C)C(=O)O[C@@H]4O[C@H](CO)[C@@H](O)[C@H](O)[C@H]4O)[C@@H]2CC[C@]1(O[C@@H]1O[C@H](CO)[C@@H](O)[C@H](O)[C@H]1O[C@@H]1O[C@H](CO)[C@@H](O)[C@H](O)[C@H]1O)C3.[H-].[H-].[Na+].[Na+]. The maximum Gasteiger partial charge on any atom is 1.00 e. The summed E-state index contributed by atoms with van der Waals surface area (Å²) in [5.74, 6) is -0.591. The number of carbonyl (C=O) groups is 1. The molecule has 18 nitrogen and oxygen atoms in total. The van der Waals surface area contributed by atoms with Crippen molar-refractivity contribution in [3.05, 3.63) is 12.2 Å². The van der Waals surface area contributed by atoms with E-state index >= 15 is 0 Å². The molecule has 0 aromatic heterocycles. The maximum absolute atomic E-state index is 14.1. The van der Waals surface area contributed by atoms with E-state index in [4.69, 9.17) is 28.4 Å². The Hall–Kier alpha value is 0.570. The molecule has 11 N–H and O–H groups in total. The zero-order valence-corrected chi connectivity index (χ0v) is 37.8. The van der Waals surface area contributed by atoms with Crippen LogP contribution < -0.4 is 59.1 Å². The number of aliphatic hydroxyl groups excluding tert-OH is 11. The first-order valence-electron chi connectivity index (χ1n) is 19.9. The minimum atomic E-state index is -1.81. The number of fused-ring (bicyclic) bond motifs is 3. The minimum Gasteiger partial charge on any atom is -1.00 e. The Bertz CT molecular complexity index is 1470. The third-order valence-electron chi connectivity index (χ3n) is 15.0. The number of esters is 1. The van der Waals surface area contributed by atoms with Crippen molar-refractivity contribution in [2.75, 3.05) is 19.8 Å². The van der Waals surface area contributed by atoms with Gasteiger partial charge in [-0.1, -0.05) is 19.9 Å². The van der Waals surface area contributed by atoms with E-state index in [9.17, 15) is 61.0 Å². The number of hydrogen-bond donors (Lipinski definition) is 11. The fourth-order valence-electron chi connectivity index (χ4n) is 12.0. The van der Waals surface area contributed by atoms with Gasteiger partial charge in [0.25, 0.3) is 0 Å². The zero-order chi connectivity index (χ0) is 40.7. The molecule has 3 heterocycles. The predicted octanol–water partition coefficient (Wildman–Crippen LogP) is -8.71. The first kappa shape index (κ1) is 49.6. The zero-order valence-electron chi connectivity index (χ0n) is 35.8. The molecule has 7 fully saturated rings. The average Bonchev–Trinajstić information content (AvgIpc) is 3.37. The third kappa shape index (κ3) is 8.13. The largest absolute Gasteiger partial charge is 1.00 e. The number of ether oxygens (including phenoxy) is 6. The molecule has 2 bridgehead atoms. The van der Waals surface area contributed by atoms with Gasteiger partial charge in [-0.25, -0.2) is 0 Å². The average molecular weight is 853 g/mol. The second-order valence-electron chi connectivity index (χ2n) is 18.0. The van der Waals surface area contributed by atoms with Crippen molar-refractivity contribution in [2.45, 2.75) is 169 Å². The second-order valence-corrected chi connectivity index (χ2v) is 18.0. The van der Waals surface area contributed by atoms with E-state index in [2.05, 4.69) is 13.5 Å². The standard InChI is InChI=1S/C38H60O18.2Na.2H/c1-16-11-37-9-5-20-35(2,7-4-8-36(20,3)34(50)55-32-29(49)26(46)23(43)18(13-40)52-32)21(37)6-10-38(16,15-37)56-33-30(27(47)24(44)19(14-41)53-33)54-31-28(48)25(45)22(42)17(12-39)51-31;;;;/h17-33,39-49H,1,4-15H2,2-3H3;;;;/q;2*+1;2*-1/t17-,18-,19-,20+,21+,22-,23-,24-,25+,26+,27+,28-,29-,30-,31+,32+,33+,35-,36-,37-,38+;;;;/m1..../s1. The molecule has 0 unspecified atom stereocenters. The molecule has 58 heavy (non-hydrogen) atoms. The van der Waals surface area contributed by atoms with Crippen molar-refractivity contribution in [3.8, 4) is 0 Å². The number of aliphatic hydroxyl groups is 11. The van der Waals surface area contributed by atoms with E-state index in [0.717, 1.165) is 18.4 Å². The van der Waals surface area contributed by atoms with Crippen molar-refractivity contribution >= 4 is 5.97 Å². The first-order chi connectivity index (χ1) is 26.4. The Kier molecular flexibility index (Phi) is 15.9. The molecule has 20 heteroatoms. The van der Waals surface area contributed by atoms with E-state index in [0.29, 0.717) is 44.9 Å². The van der Waals surface area contributed by atoms with E-state index in [-0.39, 0.29) is 84.6 Å². The van der Waals surface area contributed by atoms with Crippen LogP contribution in [0.3, 0.4) is 0 Å². The van der Waals surface area contributed by atoms with Crippen LogP contribution in [0.15, 0.2) is 12.2 Å². The van der Waals surface area contributed by atoms with Crippen LogP contribution in [-0.4, -0.2) is 180 Å². The molecule has 3 saturated heterocycles. The summed E-state index contributed by atoms with van der Waals surface area (Å²) in [7, 11) is 0. The van der Waals surface area contributed by atoms with E-state index in [1.54, 1.807) is 0 Å². The van der Waals surface area contributed by atoms with Gasteiger partial charge in [-0.2, -0.15) is 0 Å². The Labute approximate surface area is 384 Å². The van der Waals surface area contributed by atoms with Crippen LogP contribution in [0.1, 0.15) is 74.5 Å². The van der Waals surface area contributed by atoms with Crippen LogP contribution in [0, 0.1) is 28.1 Å². The Morgan fingerprint density at radius 2 is 1.21 bits per heavy atom. The van der Waals surface area contributed by atoms with Crippen molar-refractivity contribution in [1.29, 1.82) is 0 Å². The van der Waals surface area contributed by atoms with Crippen LogP contribution in [0.4, 0.5) is 0 Å². The van der Waals surface area contributed by atoms with Gasteiger partial charge in [-0.05, 0) is 86.5 Å². The molecular weight excluding hydrogens is 790 g/mol. The number of hydrogen-bond acceptors (Lipinski definition) is 18. The molecular formula is C38H62Na2O18. The molecule has 7 aliphatic rings. The number of rotatable bonds is 9. The summed E-state index contributed by atoms with van der Waals surface area (Å²) >= 11 is 0. The van der Waals surface area contributed by atoms with E-state index in [1.807, 2.05) is 6.92 Å². The quantitative estimate of drug-likeness (QED) is 0.0444. The van der Waals surface area contributed by atoms with Gasteiger partial charge in [-0.15, -0.1) is 0 Å². The van der Waals surface area contributed by atoms with E-state index in [1.165, 1.54) is 0 Å². The molecule has 4 aliphatic carbocycles. The predicted molar refractivity (Wildman–Crippen MR) is 189 cm³/mol. The van der Waals surface area contributed by atoms with Crippen molar-refractivity contribution in [1.82, 2.24) is 0 Å². The van der Waals surface area contributed by atoms with Crippen molar-refractivity contribution in [2.24, 2.45) is 28.1 Å². The summed E-state index contributed by atoms with van der Waals surface area (Å²) in [6.07, 6.45) is -17.8. The first-order valence-corrected chi connectivity index (χ1v) is 19.9. The molecule has 324 valence electrons. The molecule has 0 aromatic rings. The summed E-state index contributed by atoms with van der Waals surface area (Å²) in [4.78, 5) is 14.1. The van der Waals surface area contributed by atoms with Gasteiger partial charge >= 0.3 is 65.1 Å². The Balaban J connectivity index is 0.00000240. The monoisotopic (exact) mass is 852 g/mol. The Morgan fingerprint density at radius 3 is 1.79 bits per heavy atom.